The number of hydrogen-bond donors (Lipinski definition) is 1. The summed E-state index contributed by atoms with van der Waals surface area (Å²) in [5.74, 6) is -0.391. The summed E-state index contributed by atoms with van der Waals surface area (Å²) in [6.07, 6.45) is 0. The lowest BCUT2D eigenvalue weighted by atomic mass is 10.6. The van der Waals surface area contributed by atoms with Gasteiger partial charge in [0.25, 0.3) is 0 Å². The average Bonchev–Trinajstić information content (AvgIpc) is 2.04. The van der Waals surface area contributed by atoms with Gasteiger partial charge >= 0.3 is 13.0 Å². The maximum absolute atomic E-state index is 11.9. The van der Waals surface area contributed by atoms with E-state index in [2.05, 4.69) is 4.98 Å². The van der Waals surface area contributed by atoms with Crippen LogP contribution in [0, 0.1) is 5.39 Å². The zero-order chi connectivity index (χ0) is 11.2. The molecule has 0 amide bonds. The van der Waals surface area contributed by atoms with Crippen LogP contribution in [0.5, 0.6) is 0 Å². The molecule has 0 rings (SSSR count). The lowest BCUT2D eigenvalue weighted by Crippen LogP contribution is -1.98. The third-order valence-corrected chi connectivity index (χ3v) is 3.40. The number of aliphatic hydroxyl groups excluding tert-OH is 1. The van der Waals surface area contributed by atoms with Crippen molar-refractivity contribution in [3.05, 3.63) is 16.2 Å². The van der Waals surface area contributed by atoms with Crippen molar-refractivity contribution in [3.8, 4) is 0 Å². The molecule has 0 radical (unpaired) electrons. The summed E-state index contributed by atoms with van der Waals surface area (Å²) in [4.78, 5) is 2.71. The molecule has 80 valence electrons. The molecule has 0 saturated heterocycles. The molecular weight excluding hydrogens is 207 g/mol. The van der Waals surface area contributed by atoms with Crippen LogP contribution in [0.4, 0.5) is 0 Å². The maximum Gasteiger partial charge on any atom is 0.506 e. The second-order valence-corrected chi connectivity index (χ2v) is 4.28. The Hall–Kier alpha value is -0.890. The van der Waals surface area contributed by atoms with Gasteiger partial charge in [-0.3, -0.25) is 0 Å². The van der Waals surface area contributed by atoms with Crippen molar-refractivity contribution in [2.24, 2.45) is 0 Å². The number of diazo groups is 1. The third kappa shape index (κ3) is 3.11. The molecule has 6 nitrogen and oxygen atoms in total. The molecule has 0 fully saturated rings. The summed E-state index contributed by atoms with van der Waals surface area (Å²) < 4.78 is 21.6. The van der Waals surface area contributed by atoms with Crippen molar-refractivity contribution in [2.45, 2.75) is 20.8 Å². The van der Waals surface area contributed by atoms with E-state index in [4.69, 9.17) is 19.5 Å². The largest absolute Gasteiger partial charge is 0.506 e. The Labute approximate surface area is 82.7 Å². The van der Waals surface area contributed by atoms with Crippen LogP contribution in [-0.4, -0.2) is 18.3 Å². The third-order valence-electron chi connectivity index (χ3n) is 1.28. The van der Waals surface area contributed by atoms with Crippen LogP contribution < -0.4 is 0 Å². The molecule has 0 aliphatic carbocycles. The molecule has 0 atom stereocenters. The van der Waals surface area contributed by atoms with Crippen LogP contribution >= 0.6 is 7.60 Å². The highest BCUT2D eigenvalue weighted by molar-refractivity contribution is 7.58. The van der Waals surface area contributed by atoms with E-state index in [9.17, 15) is 4.57 Å². The van der Waals surface area contributed by atoms with Crippen molar-refractivity contribution < 1.29 is 18.7 Å². The maximum atomic E-state index is 11.9. The van der Waals surface area contributed by atoms with E-state index in [-0.39, 0.29) is 13.2 Å². The van der Waals surface area contributed by atoms with Crippen molar-refractivity contribution in [3.63, 3.8) is 0 Å². The van der Waals surface area contributed by atoms with Crippen LogP contribution in [0.25, 0.3) is 4.98 Å². The van der Waals surface area contributed by atoms with Gasteiger partial charge in [0.05, 0.1) is 13.2 Å². The minimum atomic E-state index is -3.67. The minimum absolute atomic E-state index is 0.129. The van der Waals surface area contributed by atoms with Gasteiger partial charge in [0.15, 0.2) is 10.7 Å². The molecule has 1 N–H and O–H groups in total. The second-order valence-electron chi connectivity index (χ2n) is 2.34. The summed E-state index contributed by atoms with van der Waals surface area (Å²) in [6.45, 7) is 4.73. The smallest absolute Gasteiger partial charge is 0.505 e. The first-order valence-corrected chi connectivity index (χ1v) is 5.70. The Kier molecular flexibility index (Phi) is 5.39. The molecule has 0 aromatic carbocycles. The molecule has 0 bridgehead atoms. The van der Waals surface area contributed by atoms with E-state index in [1.54, 1.807) is 13.8 Å². The standard InChI is InChI=1S/C7H13N2O4P/c1-4-12-14(11,13-5-2)7(9-8)6(3)10/h4-5H2,1-3H3/p+1. The van der Waals surface area contributed by atoms with E-state index in [0.717, 1.165) is 0 Å². The summed E-state index contributed by atoms with van der Waals surface area (Å²) in [5.41, 5.74) is -0.457. The molecule has 0 aromatic rings. The predicted molar refractivity (Wildman–Crippen MR) is 51.3 cm³/mol. The van der Waals surface area contributed by atoms with Gasteiger partial charge < -0.3 is 14.2 Å². The normalized spacial score (nSPS) is 13.3. The van der Waals surface area contributed by atoms with Gasteiger partial charge in [-0.05, 0) is 13.8 Å². The van der Waals surface area contributed by atoms with E-state index in [1.807, 2.05) is 0 Å². The number of hydrogen-bond acceptors (Lipinski definition) is 5. The van der Waals surface area contributed by atoms with Gasteiger partial charge in [-0.25, -0.2) is 4.57 Å². The molecule has 7 heteroatoms. The van der Waals surface area contributed by atoms with Gasteiger partial charge in [-0.2, -0.15) is 0 Å². The Morgan fingerprint density at radius 3 is 2.07 bits per heavy atom. The number of rotatable bonds is 5. The quantitative estimate of drug-likeness (QED) is 0.438. The first kappa shape index (κ1) is 13.1. The van der Waals surface area contributed by atoms with Gasteiger partial charge in [-0.15, -0.1) is 0 Å². The Balaban J connectivity index is 5.11. The van der Waals surface area contributed by atoms with Crippen molar-refractivity contribution in [2.75, 3.05) is 13.2 Å². The Morgan fingerprint density at radius 1 is 1.43 bits per heavy atom. The predicted octanol–water partition coefficient (Wildman–Crippen LogP) is 2.85. The molecule has 0 unspecified atom stereocenters. The summed E-state index contributed by atoms with van der Waals surface area (Å²) >= 11 is 0. The lowest BCUT2D eigenvalue weighted by Gasteiger charge is -2.09. The molecule has 14 heavy (non-hydrogen) atoms. The number of allylic oxidation sites excluding steroid dienone is 1. The highest BCUT2D eigenvalue weighted by Gasteiger charge is 2.44. The van der Waals surface area contributed by atoms with Gasteiger partial charge in [0.2, 0.25) is 5.39 Å². The van der Waals surface area contributed by atoms with E-state index in [0.29, 0.717) is 0 Å². The first-order chi connectivity index (χ1) is 6.51. The van der Waals surface area contributed by atoms with Crippen LogP contribution in [0.1, 0.15) is 20.8 Å². The summed E-state index contributed by atoms with van der Waals surface area (Å²) in [7, 11) is -3.67. The number of nitrogens with zero attached hydrogens (tertiary/aromatic N) is 2. The monoisotopic (exact) mass is 221 g/mol. The second kappa shape index (κ2) is 5.76. The Morgan fingerprint density at radius 2 is 1.86 bits per heavy atom. The molecular formula is C7H14N2O4P+. The molecule has 0 aliphatic heterocycles. The highest BCUT2D eigenvalue weighted by Crippen LogP contribution is 2.57. The Bertz CT molecular complexity index is 293. The first-order valence-electron chi connectivity index (χ1n) is 4.16. The zero-order valence-electron chi connectivity index (χ0n) is 8.43. The molecule has 0 aromatic heterocycles. The average molecular weight is 221 g/mol. The van der Waals surface area contributed by atoms with Gasteiger partial charge in [-0.1, -0.05) is 0 Å². The number of aliphatic hydroxyl groups is 1. The summed E-state index contributed by atoms with van der Waals surface area (Å²) in [6, 6.07) is 0. The molecule has 0 spiro atoms. The van der Waals surface area contributed by atoms with Crippen LogP contribution in [0.2, 0.25) is 0 Å². The fourth-order valence-electron chi connectivity index (χ4n) is 0.825. The van der Waals surface area contributed by atoms with Crippen LogP contribution in [0.15, 0.2) is 11.2 Å². The van der Waals surface area contributed by atoms with E-state index >= 15 is 0 Å². The fraction of sp³-hybridized carbons (Fsp3) is 0.714. The van der Waals surface area contributed by atoms with Gasteiger partial charge in [0, 0.05) is 6.92 Å². The molecule has 0 aliphatic rings. The SMILES string of the molecule is CCOP(=O)(OCC)/C([N+]#N)=C(/C)O. The minimum Gasteiger partial charge on any atom is -0.505 e. The van der Waals surface area contributed by atoms with Crippen LogP contribution in [-0.2, 0) is 13.6 Å². The van der Waals surface area contributed by atoms with Crippen molar-refractivity contribution in [1.82, 2.24) is 0 Å². The topological polar surface area (TPSA) is 83.9 Å². The summed E-state index contributed by atoms with van der Waals surface area (Å²) in [5, 5.41) is 17.7. The highest BCUT2D eigenvalue weighted by atomic mass is 31.2. The van der Waals surface area contributed by atoms with Crippen molar-refractivity contribution in [1.29, 1.82) is 5.39 Å². The molecule has 0 heterocycles. The van der Waals surface area contributed by atoms with E-state index < -0.39 is 18.8 Å². The van der Waals surface area contributed by atoms with Crippen molar-refractivity contribution >= 4 is 7.60 Å². The fourth-order valence-corrected chi connectivity index (χ4v) is 2.33. The molecule has 0 saturated carbocycles. The van der Waals surface area contributed by atoms with Gasteiger partial charge in [0.1, 0.15) is 0 Å². The van der Waals surface area contributed by atoms with E-state index in [1.165, 1.54) is 6.92 Å². The zero-order valence-corrected chi connectivity index (χ0v) is 9.32. The van der Waals surface area contributed by atoms with Crippen LogP contribution in [0.3, 0.4) is 0 Å². The lowest BCUT2D eigenvalue weighted by molar-refractivity contribution is 0.225.